The molecule has 2 atom stereocenters. The number of pyridine rings is 2. The maximum absolute atomic E-state index is 13.3. The molecule has 2 saturated heterocycles. The van der Waals surface area contributed by atoms with E-state index >= 15 is 0 Å². The van der Waals surface area contributed by atoms with Crippen molar-refractivity contribution in [2.45, 2.75) is 48.9 Å². The number of alkyl halides is 3. The zero-order chi connectivity index (χ0) is 27.6. The number of hydrogen-bond acceptors (Lipinski definition) is 7. The van der Waals surface area contributed by atoms with E-state index in [0.717, 1.165) is 42.3 Å². The van der Waals surface area contributed by atoms with Gasteiger partial charge in [0.15, 0.2) is 0 Å². The number of aliphatic hydroxyl groups excluding tert-OH is 1. The number of benzene rings is 1. The smallest absolute Gasteiger partial charge is 0.390 e. The first-order valence-corrected chi connectivity index (χ1v) is 14.3. The van der Waals surface area contributed by atoms with E-state index in [0.29, 0.717) is 0 Å². The lowest BCUT2D eigenvalue weighted by molar-refractivity contribution is -0.137. The normalized spacial score (nSPS) is 21.1. The van der Waals surface area contributed by atoms with Gasteiger partial charge in [0, 0.05) is 44.1 Å². The van der Waals surface area contributed by atoms with Gasteiger partial charge in [0.2, 0.25) is 10.0 Å². The second-order valence-electron chi connectivity index (χ2n) is 9.88. The Kier molecular flexibility index (Phi) is 7.79. The summed E-state index contributed by atoms with van der Waals surface area (Å²) in [6.45, 7) is 2.01. The van der Waals surface area contributed by atoms with Crippen molar-refractivity contribution in [2.24, 2.45) is 0 Å². The van der Waals surface area contributed by atoms with Crippen molar-refractivity contribution in [3.05, 3.63) is 66.5 Å². The Morgan fingerprint density at radius 3 is 2.18 bits per heavy atom. The van der Waals surface area contributed by atoms with E-state index in [4.69, 9.17) is 0 Å². The summed E-state index contributed by atoms with van der Waals surface area (Å²) >= 11 is 0. The van der Waals surface area contributed by atoms with Gasteiger partial charge in [0.05, 0.1) is 22.6 Å². The summed E-state index contributed by atoms with van der Waals surface area (Å²) in [7, 11) is -3.85. The Balaban J connectivity index is 1.21. The summed E-state index contributed by atoms with van der Waals surface area (Å²) in [5.74, 6) is 1.13. The Morgan fingerprint density at radius 1 is 0.872 bits per heavy atom. The number of sulfonamides is 1. The third-order valence-electron chi connectivity index (χ3n) is 7.22. The first-order valence-electron chi connectivity index (χ1n) is 12.9. The quantitative estimate of drug-likeness (QED) is 0.461. The molecule has 4 heterocycles. The molecule has 0 saturated carbocycles. The number of aromatic nitrogens is 2. The minimum Gasteiger partial charge on any atom is -0.390 e. The second-order valence-corrected chi connectivity index (χ2v) is 11.8. The van der Waals surface area contributed by atoms with Gasteiger partial charge in [-0.15, -0.1) is 0 Å². The highest BCUT2D eigenvalue weighted by atomic mass is 32.2. The fraction of sp³-hybridized carbons (Fsp3) is 0.407. The van der Waals surface area contributed by atoms with Gasteiger partial charge in [-0.1, -0.05) is 12.1 Å². The van der Waals surface area contributed by atoms with Crippen molar-refractivity contribution in [3.8, 4) is 11.1 Å². The third kappa shape index (κ3) is 6.18. The van der Waals surface area contributed by atoms with E-state index in [-0.39, 0.29) is 30.2 Å². The number of nitrogens with zero attached hydrogens (tertiary/aromatic N) is 4. The Bertz CT molecular complexity index is 1360. The average molecular weight is 562 g/mol. The van der Waals surface area contributed by atoms with Crippen molar-refractivity contribution < 1.29 is 26.7 Å². The Morgan fingerprint density at radius 2 is 1.59 bits per heavy atom. The summed E-state index contributed by atoms with van der Waals surface area (Å²) in [6.07, 6.45) is 0.804. The molecule has 2 aromatic heterocycles. The standard InChI is InChI=1S/C27H30F3N5O3S/c28-27(29,30)21-7-10-25(31-17-21)33-23-12-15-35(18-24(23)36)39(37,38)22-8-4-19(5-9-22)20-6-11-26(32-16-20)34-13-2-1-3-14-34/h4-11,16-17,23-24,36H,1-3,12-15,18H2,(H,31,33)/t23-,24+/m1/s1. The molecule has 39 heavy (non-hydrogen) atoms. The highest BCUT2D eigenvalue weighted by Crippen LogP contribution is 2.30. The Labute approximate surface area is 225 Å². The lowest BCUT2D eigenvalue weighted by Crippen LogP contribution is -2.51. The molecule has 0 spiro atoms. The first-order chi connectivity index (χ1) is 18.6. The summed E-state index contributed by atoms with van der Waals surface area (Å²) in [6, 6.07) is 12.1. The molecule has 0 bridgehead atoms. The number of hydrogen-bond donors (Lipinski definition) is 2. The molecule has 2 fully saturated rings. The van der Waals surface area contributed by atoms with E-state index < -0.39 is 33.9 Å². The molecule has 0 aliphatic carbocycles. The number of nitrogens with one attached hydrogen (secondary N) is 1. The van der Waals surface area contributed by atoms with Crippen LogP contribution in [0.1, 0.15) is 31.2 Å². The Hall–Kier alpha value is -3.22. The fourth-order valence-corrected chi connectivity index (χ4v) is 6.43. The van der Waals surface area contributed by atoms with E-state index in [1.165, 1.54) is 29.6 Å². The first kappa shape index (κ1) is 27.4. The monoisotopic (exact) mass is 561 g/mol. The highest BCUT2D eigenvalue weighted by molar-refractivity contribution is 7.89. The number of rotatable bonds is 6. The van der Waals surface area contributed by atoms with Crippen LogP contribution in [0.3, 0.4) is 0 Å². The van der Waals surface area contributed by atoms with Crippen molar-refractivity contribution in [1.29, 1.82) is 0 Å². The molecule has 5 rings (SSSR count). The van der Waals surface area contributed by atoms with Crippen LogP contribution in [0.4, 0.5) is 24.8 Å². The fourth-order valence-electron chi connectivity index (χ4n) is 4.96. The van der Waals surface area contributed by atoms with Gasteiger partial charge in [-0.3, -0.25) is 0 Å². The third-order valence-corrected chi connectivity index (χ3v) is 9.10. The van der Waals surface area contributed by atoms with Crippen LogP contribution in [0.25, 0.3) is 11.1 Å². The molecular formula is C27H30F3N5O3S. The molecule has 3 aromatic rings. The molecule has 208 valence electrons. The van der Waals surface area contributed by atoms with Gasteiger partial charge < -0.3 is 15.3 Å². The molecule has 2 N–H and O–H groups in total. The lowest BCUT2D eigenvalue weighted by Gasteiger charge is -2.35. The molecule has 12 heteroatoms. The van der Waals surface area contributed by atoms with E-state index in [9.17, 15) is 26.7 Å². The van der Waals surface area contributed by atoms with Crippen LogP contribution >= 0.6 is 0 Å². The van der Waals surface area contributed by atoms with E-state index in [2.05, 4.69) is 20.2 Å². The van der Waals surface area contributed by atoms with E-state index in [1.54, 1.807) is 30.5 Å². The van der Waals surface area contributed by atoms with Crippen LogP contribution in [0.2, 0.25) is 0 Å². The molecule has 0 amide bonds. The minimum atomic E-state index is -4.49. The molecule has 0 radical (unpaired) electrons. The van der Waals surface area contributed by atoms with Crippen LogP contribution in [-0.4, -0.2) is 66.1 Å². The predicted molar refractivity (Wildman–Crippen MR) is 142 cm³/mol. The van der Waals surface area contributed by atoms with Crippen LogP contribution in [0, 0.1) is 0 Å². The SMILES string of the molecule is O=S(=O)(c1ccc(-c2ccc(N3CCCCC3)nc2)cc1)N1CC[C@@H](Nc2ccc(C(F)(F)F)cn2)[C@@H](O)C1. The summed E-state index contributed by atoms with van der Waals surface area (Å²) in [4.78, 5) is 10.8. The number of aliphatic hydroxyl groups is 1. The molecular weight excluding hydrogens is 531 g/mol. The summed E-state index contributed by atoms with van der Waals surface area (Å²) in [5.41, 5.74) is 0.865. The maximum Gasteiger partial charge on any atom is 0.417 e. The predicted octanol–water partition coefficient (Wildman–Crippen LogP) is 4.39. The molecule has 2 aliphatic rings. The maximum atomic E-state index is 13.3. The van der Waals surface area contributed by atoms with Crippen LogP contribution < -0.4 is 10.2 Å². The number of β-amino-alcohol motifs (C(OH)–C–C–N with tert-alkyl or cyclic N) is 1. The molecule has 1 aromatic carbocycles. The highest BCUT2D eigenvalue weighted by Gasteiger charge is 2.35. The van der Waals surface area contributed by atoms with Gasteiger partial charge in [0.1, 0.15) is 11.6 Å². The average Bonchev–Trinajstić information content (AvgIpc) is 2.94. The van der Waals surface area contributed by atoms with Gasteiger partial charge >= 0.3 is 6.18 Å². The van der Waals surface area contributed by atoms with Crippen molar-refractivity contribution >= 4 is 21.7 Å². The molecule has 2 aliphatic heterocycles. The summed E-state index contributed by atoms with van der Waals surface area (Å²) in [5, 5.41) is 13.5. The van der Waals surface area contributed by atoms with Crippen molar-refractivity contribution in [3.63, 3.8) is 0 Å². The second kappa shape index (κ2) is 11.1. The van der Waals surface area contributed by atoms with Crippen molar-refractivity contribution in [2.75, 3.05) is 36.4 Å². The molecule has 8 nitrogen and oxygen atoms in total. The van der Waals surface area contributed by atoms with Gasteiger partial charge in [-0.25, -0.2) is 18.4 Å². The minimum absolute atomic E-state index is 0.118. The van der Waals surface area contributed by atoms with Gasteiger partial charge in [-0.2, -0.15) is 17.5 Å². The molecule has 0 unspecified atom stereocenters. The topological polar surface area (TPSA) is 98.7 Å². The van der Waals surface area contributed by atoms with E-state index in [1.807, 2.05) is 12.1 Å². The lowest BCUT2D eigenvalue weighted by atomic mass is 10.0. The van der Waals surface area contributed by atoms with Gasteiger partial charge in [-0.05, 0) is 67.6 Å². The summed E-state index contributed by atoms with van der Waals surface area (Å²) < 4.78 is 66.0. The number of anilines is 2. The van der Waals surface area contributed by atoms with Crippen LogP contribution in [-0.2, 0) is 16.2 Å². The zero-order valence-electron chi connectivity index (χ0n) is 21.2. The van der Waals surface area contributed by atoms with Crippen LogP contribution in [0.15, 0.2) is 65.8 Å². The van der Waals surface area contributed by atoms with Gasteiger partial charge in [0.25, 0.3) is 0 Å². The zero-order valence-corrected chi connectivity index (χ0v) is 22.0. The number of halogens is 3. The largest absolute Gasteiger partial charge is 0.417 e. The van der Waals surface area contributed by atoms with Crippen molar-refractivity contribution in [1.82, 2.24) is 14.3 Å². The van der Waals surface area contributed by atoms with Crippen LogP contribution in [0.5, 0.6) is 0 Å². The number of piperidine rings is 2.